The standard InChI is InChI=1S/C12H15BrFNO3/c1-2-18-9(17)11-4-3-8(16)15(11)7-10(5-11)6-12(10,13)14/h2-7H2,1H3/t10-,11-,12?/m0/s1. The van der Waals surface area contributed by atoms with Crippen molar-refractivity contribution in [1.29, 1.82) is 0 Å². The van der Waals surface area contributed by atoms with E-state index in [1.165, 1.54) is 0 Å². The van der Waals surface area contributed by atoms with Crippen LogP contribution in [-0.2, 0) is 14.3 Å². The highest BCUT2D eigenvalue weighted by Gasteiger charge is 2.77. The SMILES string of the molecule is CCOC(=O)[C@@]12CCC(=O)N1C[C@@]1(CC1(F)Br)C2. The molecule has 3 rings (SSSR count). The summed E-state index contributed by atoms with van der Waals surface area (Å²) in [6, 6.07) is 0. The van der Waals surface area contributed by atoms with Gasteiger partial charge in [0.1, 0.15) is 5.54 Å². The molecular weight excluding hydrogens is 305 g/mol. The van der Waals surface area contributed by atoms with Crippen molar-refractivity contribution in [1.82, 2.24) is 4.90 Å². The summed E-state index contributed by atoms with van der Waals surface area (Å²) in [6.07, 6.45) is 1.56. The normalized spacial score (nSPS) is 45.5. The quantitative estimate of drug-likeness (QED) is 0.575. The number of ether oxygens (including phenoxy) is 1. The Balaban J connectivity index is 1.92. The average Bonchev–Trinajstić information content (AvgIpc) is 2.60. The molecule has 0 bridgehead atoms. The first-order chi connectivity index (χ1) is 8.37. The number of carbonyl (C=O) groups is 2. The summed E-state index contributed by atoms with van der Waals surface area (Å²) in [5.41, 5.74) is -1.50. The van der Waals surface area contributed by atoms with Crippen LogP contribution in [0.4, 0.5) is 4.39 Å². The zero-order valence-corrected chi connectivity index (χ0v) is 11.8. The average molecular weight is 320 g/mol. The van der Waals surface area contributed by atoms with Crippen LogP contribution in [0.25, 0.3) is 0 Å². The molecule has 0 N–H and O–H groups in total. The second kappa shape index (κ2) is 3.46. The molecule has 0 aromatic heterocycles. The van der Waals surface area contributed by atoms with Gasteiger partial charge in [-0.25, -0.2) is 9.18 Å². The molecule has 3 atom stereocenters. The maximum Gasteiger partial charge on any atom is 0.332 e. The van der Waals surface area contributed by atoms with Crippen molar-refractivity contribution >= 4 is 27.8 Å². The van der Waals surface area contributed by atoms with Gasteiger partial charge in [-0.2, -0.15) is 0 Å². The van der Waals surface area contributed by atoms with Crippen LogP contribution >= 0.6 is 15.9 Å². The lowest BCUT2D eigenvalue weighted by Crippen LogP contribution is -2.48. The second-order valence-corrected chi connectivity index (χ2v) is 6.83. The van der Waals surface area contributed by atoms with Gasteiger partial charge in [0, 0.05) is 24.8 Å². The lowest BCUT2D eigenvalue weighted by atomic mass is 9.88. The number of nitrogens with zero attached hydrogens (tertiary/aromatic N) is 1. The lowest BCUT2D eigenvalue weighted by Gasteiger charge is -2.28. The molecule has 3 aliphatic rings. The van der Waals surface area contributed by atoms with Gasteiger partial charge in [-0.3, -0.25) is 4.79 Å². The Hall–Kier alpha value is -0.650. The fraction of sp³-hybridized carbons (Fsp3) is 0.833. The van der Waals surface area contributed by atoms with Gasteiger partial charge in [0.2, 0.25) is 5.91 Å². The van der Waals surface area contributed by atoms with E-state index in [1.54, 1.807) is 11.8 Å². The molecule has 1 saturated carbocycles. The van der Waals surface area contributed by atoms with E-state index in [0.29, 0.717) is 32.2 Å². The van der Waals surface area contributed by atoms with Crippen molar-refractivity contribution in [3.63, 3.8) is 0 Å². The van der Waals surface area contributed by atoms with E-state index in [0.717, 1.165) is 0 Å². The van der Waals surface area contributed by atoms with E-state index in [1.807, 2.05) is 0 Å². The minimum Gasteiger partial charge on any atom is -0.464 e. The second-order valence-electron chi connectivity index (χ2n) is 5.57. The molecule has 6 heteroatoms. The van der Waals surface area contributed by atoms with Gasteiger partial charge < -0.3 is 9.64 Å². The van der Waals surface area contributed by atoms with E-state index in [9.17, 15) is 14.0 Å². The first-order valence-corrected chi connectivity index (χ1v) is 7.02. The molecule has 1 aliphatic carbocycles. The number of halogens is 2. The number of hydrogen-bond acceptors (Lipinski definition) is 3. The molecule has 2 aliphatic heterocycles. The number of rotatable bonds is 2. The third-order valence-corrected chi connectivity index (χ3v) is 5.65. The molecule has 0 aromatic rings. The minimum absolute atomic E-state index is 0.0601. The van der Waals surface area contributed by atoms with Crippen LogP contribution < -0.4 is 0 Å². The van der Waals surface area contributed by atoms with E-state index < -0.39 is 15.5 Å². The Bertz CT molecular complexity index is 441. The molecule has 0 aromatic carbocycles. The van der Waals surface area contributed by atoms with Gasteiger partial charge in [-0.15, -0.1) is 0 Å². The first kappa shape index (κ1) is 12.4. The fourth-order valence-electron chi connectivity index (χ4n) is 3.46. The number of amides is 1. The van der Waals surface area contributed by atoms with Gasteiger partial charge >= 0.3 is 5.97 Å². The van der Waals surface area contributed by atoms with E-state index in [-0.39, 0.29) is 18.5 Å². The van der Waals surface area contributed by atoms with Gasteiger partial charge in [-0.1, -0.05) is 0 Å². The highest BCUT2D eigenvalue weighted by atomic mass is 79.9. The molecule has 1 amide bonds. The maximum absolute atomic E-state index is 14.0. The molecule has 2 saturated heterocycles. The van der Waals surface area contributed by atoms with Crippen molar-refractivity contribution < 1.29 is 18.7 Å². The smallest absolute Gasteiger partial charge is 0.332 e. The van der Waals surface area contributed by atoms with Gasteiger partial charge in [0.15, 0.2) is 4.58 Å². The van der Waals surface area contributed by atoms with Gasteiger partial charge in [-0.05, 0) is 35.7 Å². The number of esters is 1. The number of fused-ring (bicyclic) bond motifs is 1. The third kappa shape index (κ3) is 1.35. The monoisotopic (exact) mass is 319 g/mol. The highest BCUT2D eigenvalue weighted by Crippen LogP contribution is 2.71. The van der Waals surface area contributed by atoms with Crippen LogP contribution in [0.5, 0.6) is 0 Å². The lowest BCUT2D eigenvalue weighted by molar-refractivity contribution is -0.157. The predicted molar refractivity (Wildman–Crippen MR) is 64.7 cm³/mol. The van der Waals surface area contributed by atoms with Crippen LogP contribution in [0.3, 0.4) is 0 Å². The van der Waals surface area contributed by atoms with Crippen molar-refractivity contribution in [3.8, 4) is 0 Å². The Morgan fingerprint density at radius 2 is 2.22 bits per heavy atom. The molecule has 0 radical (unpaired) electrons. The summed E-state index contributed by atoms with van der Waals surface area (Å²) in [4.78, 5) is 25.6. The van der Waals surface area contributed by atoms with Crippen molar-refractivity contribution in [3.05, 3.63) is 0 Å². The van der Waals surface area contributed by atoms with Crippen LogP contribution in [0.15, 0.2) is 0 Å². The molecule has 1 spiro atoms. The largest absolute Gasteiger partial charge is 0.464 e. The molecule has 4 nitrogen and oxygen atoms in total. The van der Waals surface area contributed by atoms with E-state index >= 15 is 0 Å². The third-order valence-electron chi connectivity index (χ3n) is 4.53. The zero-order valence-electron chi connectivity index (χ0n) is 10.2. The summed E-state index contributed by atoms with van der Waals surface area (Å²) < 4.78 is 17.7. The highest BCUT2D eigenvalue weighted by molar-refractivity contribution is 9.10. The van der Waals surface area contributed by atoms with Crippen LogP contribution in [-0.4, -0.2) is 40.0 Å². The van der Waals surface area contributed by atoms with E-state index in [4.69, 9.17) is 4.74 Å². The molecular formula is C12H15BrFNO3. The summed E-state index contributed by atoms with van der Waals surface area (Å²) in [6.45, 7) is 2.35. The molecule has 2 heterocycles. The maximum atomic E-state index is 14.0. The van der Waals surface area contributed by atoms with Crippen LogP contribution in [0, 0.1) is 5.41 Å². The summed E-state index contributed by atoms with van der Waals surface area (Å²) >= 11 is 3.05. The van der Waals surface area contributed by atoms with Crippen LogP contribution in [0.2, 0.25) is 0 Å². The Morgan fingerprint density at radius 3 is 2.78 bits per heavy atom. The number of carbonyl (C=O) groups excluding carboxylic acids is 2. The minimum atomic E-state index is -1.43. The molecule has 3 fully saturated rings. The Labute approximate surface area is 113 Å². The van der Waals surface area contributed by atoms with Crippen molar-refractivity contribution in [2.24, 2.45) is 5.41 Å². The fourth-order valence-corrected chi connectivity index (χ4v) is 4.26. The van der Waals surface area contributed by atoms with E-state index in [2.05, 4.69) is 15.9 Å². The number of alkyl halides is 2. The molecule has 100 valence electrons. The zero-order chi connectivity index (χ0) is 13.2. The van der Waals surface area contributed by atoms with Gasteiger partial charge in [0.05, 0.1) is 6.61 Å². The van der Waals surface area contributed by atoms with Gasteiger partial charge in [0.25, 0.3) is 0 Å². The summed E-state index contributed by atoms with van der Waals surface area (Å²) in [5, 5.41) is 0. The molecule has 1 unspecified atom stereocenters. The number of hydrogen-bond donors (Lipinski definition) is 0. The Kier molecular flexibility index (Phi) is 2.38. The summed E-state index contributed by atoms with van der Waals surface area (Å²) in [7, 11) is 0. The first-order valence-electron chi connectivity index (χ1n) is 6.22. The van der Waals surface area contributed by atoms with Crippen molar-refractivity contribution in [2.45, 2.75) is 42.7 Å². The summed E-state index contributed by atoms with van der Waals surface area (Å²) in [5.74, 6) is -0.432. The van der Waals surface area contributed by atoms with Crippen molar-refractivity contribution in [2.75, 3.05) is 13.2 Å². The molecule has 18 heavy (non-hydrogen) atoms. The Morgan fingerprint density at radius 1 is 1.56 bits per heavy atom. The predicted octanol–water partition coefficient (Wildman–Crippen LogP) is 1.77. The topological polar surface area (TPSA) is 46.6 Å². The van der Waals surface area contributed by atoms with Crippen LogP contribution in [0.1, 0.15) is 32.6 Å².